The van der Waals surface area contributed by atoms with E-state index in [1.54, 1.807) is 24.3 Å². The highest BCUT2D eigenvalue weighted by Crippen LogP contribution is 2.17. The van der Waals surface area contributed by atoms with Crippen molar-refractivity contribution in [3.63, 3.8) is 0 Å². The lowest BCUT2D eigenvalue weighted by Crippen LogP contribution is -2.22. The molecule has 0 radical (unpaired) electrons. The third-order valence-corrected chi connectivity index (χ3v) is 4.10. The van der Waals surface area contributed by atoms with Gasteiger partial charge in [-0.05, 0) is 72.6 Å². The summed E-state index contributed by atoms with van der Waals surface area (Å²) in [7, 11) is 0. The van der Waals surface area contributed by atoms with Gasteiger partial charge < -0.3 is 14.5 Å². The maximum atomic E-state index is 12.3. The summed E-state index contributed by atoms with van der Waals surface area (Å²) in [5.41, 5.74) is 3.38. The number of fused-ring (bicyclic) bond motifs is 1. The molecular formula is C19H20BrN3O2. The first-order valence-electron chi connectivity index (χ1n) is 8.11. The number of amides is 1. The van der Waals surface area contributed by atoms with Gasteiger partial charge >= 0.3 is 0 Å². The van der Waals surface area contributed by atoms with Crippen molar-refractivity contribution in [2.75, 3.05) is 0 Å². The van der Waals surface area contributed by atoms with E-state index in [2.05, 4.69) is 26.2 Å². The van der Waals surface area contributed by atoms with Gasteiger partial charge in [0.15, 0.2) is 0 Å². The highest BCUT2D eigenvalue weighted by Gasteiger charge is 2.09. The van der Waals surface area contributed by atoms with Gasteiger partial charge in [0.05, 0.1) is 18.3 Å². The van der Waals surface area contributed by atoms with Crippen LogP contribution < -0.4 is 10.1 Å². The summed E-state index contributed by atoms with van der Waals surface area (Å²) in [5, 5.41) is 2.90. The quantitative estimate of drug-likeness (QED) is 0.699. The van der Waals surface area contributed by atoms with Crippen molar-refractivity contribution >= 4 is 27.5 Å². The fourth-order valence-electron chi connectivity index (χ4n) is 2.59. The Morgan fingerprint density at radius 1 is 1.28 bits per heavy atom. The van der Waals surface area contributed by atoms with E-state index in [4.69, 9.17) is 4.74 Å². The monoisotopic (exact) mass is 401 g/mol. The molecule has 6 heteroatoms. The number of pyridine rings is 1. The second-order valence-electron chi connectivity index (χ2n) is 6.18. The minimum atomic E-state index is -0.133. The minimum Gasteiger partial charge on any atom is -0.491 e. The predicted octanol–water partition coefficient (Wildman–Crippen LogP) is 4.12. The van der Waals surface area contributed by atoms with Gasteiger partial charge in [0.2, 0.25) is 0 Å². The number of rotatable bonds is 5. The van der Waals surface area contributed by atoms with Crippen LogP contribution in [-0.2, 0) is 6.54 Å². The van der Waals surface area contributed by atoms with Crippen LogP contribution in [0.3, 0.4) is 0 Å². The highest BCUT2D eigenvalue weighted by molar-refractivity contribution is 9.10. The Labute approximate surface area is 155 Å². The first-order chi connectivity index (χ1) is 11.9. The lowest BCUT2D eigenvalue weighted by Gasteiger charge is -2.10. The minimum absolute atomic E-state index is 0.109. The van der Waals surface area contributed by atoms with Crippen molar-refractivity contribution < 1.29 is 9.53 Å². The fraction of sp³-hybridized carbons (Fsp3) is 0.263. The summed E-state index contributed by atoms with van der Waals surface area (Å²) in [6.45, 7) is 6.32. The fourth-order valence-corrected chi connectivity index (χ4v) is 3.16. The van der Waals surface area contributed by atoms with Crippen molar-refractivity contribution in [3.8, 4) is 5.75 Å². The number of hydrogen-bond acceptors (Lipinski definition) is 3. The molecule has 3 rings (SSSR count). The number of halogens is 1. The summed E-state index contributed by atoms with van der Waals surface area (Å²) in [5.74, 6) is 0.624. The highest BCUT2D eigenvalue weighted by atomic mass is 79.9. The predicted molar refractivity (Wildman–Crippen MR) is 101 cm³/mol. The number of carbonyl (C=O) groups excluding carboxylic acids is 1. The normalized spacial score (nSPS) is 11.1. The number of nitrogens with one attached hydrogen (secondary N) is 1. The average molecular weight is 402 g/mol. The lowest BCUT2D eigenvalue weighted by atomic mass is 10.2. The molecule has 25 heavy (non-hydrogen) atoms. The molecule has 1 aromatic carbocycles. The molecule has 0 bridgehead atoms. The van der Waals surface area contributed by atoms with Gasteiger partial charge in [0.25, 0.3) is 5.91 Å². The van der Waals surface area contributed by atoms with E-state index in [0.29, 0.717) is 12.1 Å². The van der Waals surface area contributed by atoms with E-state index < -0.39 is 0 Å². The Balaban J connectivity index is 1.67. The second-order valence-corrected chi connectivity index (χ2v) is 7.09. The van der Waals surface area contributed by atoms with Crippen LogP contribution in [0.15, 0.2) is 47.2 Å². The number of carbonyl (C=O) groups is 1. The van der Waals surface area contributed by atoms with Gasteiger partial charge in [-0.25, -0.2) is 4.98 Å². The smallest absolute Gasteiger partial charge is 0.251 e. The standard InChI is InChI=1S/C19H20BrN3O2/c1-12(2)25-17-6-4-14(5-7-17)19(24)21-9-16-11-23-10-15(20)8-13(3)18(23)22-16/h4-8,10-12H,9H2,1-3H3,(H,21,24). The molecular weight excluding hydrogens is 382 g/mol. The molecule has 0 atom stereocenters. The van der Waals surface area contributed by atoms with E-state index >= 15 is 0 Å². The zero-order valence-electron chi connectivity index (χ0n) is 14.4. The summed E-state index contributed by atoms with van der Waals surface area (Å²) in [6, 6.07) is 9.16. The van der Waals surface area contributed by atoms with Crippen molar-refractivity contribution in [2.24, 2.45) is 0 Å². The molecule has 1 amide bonds. The van der Waals surface area contributed by atoms with Gasteiger partial charge in [0.1, 0.15) is 11.4 Å². The first-order valence-corrected chi connectivity index (χ1v) is 8.90. The van der Waals surface area contributed by atoms with Gasteiger partial charge in [-0.2, -0.15) is 0 Å². The van der Waals surface area contributed by atoms with Crippen LogP contribution >= 0.6 is 15.9 Å². The molecule has 1 N–H and O–H groups in total. The van der Waals surface area contributed by atoms with Crippen molar-refractivity contribution in [1.82, 2.24) is 14.7 Å². The third kappa shape index (κ3) is 4.20. The molecule has 130 valence electrons. The largest absolute Gasteiger partial charge is 0.491 e. The van der Waals surface area contributed by atoms with E-state index in [1.165, 1.54) is 0 Å². The summed E-state index contributed by atoms with van der Waals surface area (Å²) >= 11 is 3.48. The Bertz CT molecular complexity index is 901. The van der Waals surface area contributed by atoms with E-state index in [9.17, 15) is 4.79 Å². The van der Waals surface area contributed by atoms with Crippen molar-refractivity contribution in [2.45, 2.75) is 33.4 Å². The topological polar surface area (TPSA) is 55.6 Å². The number of imidazole rings is 1. The maximum Gasteiger partial charge on any atom is 0.251 e. The molecule has 2 heterocycles. The number of aryl methyl sites for hydroxylation is 1. The SMILES string of the molecule is Cc1cc(Br)cn2cc(CNC(=O)c3ccc(OC(C)C)cc3)nc12. The van der Waals surface area contributed by atoms with Crippen molar-refractivity contribution in [3.05, 3.63) is 64.0 Å². The Hall–Kier alpha value is -2.34. The van der Waals surface area contributed by atoms with Gasteiger partial charge in [-0.3, -0.25) is 4.79 Å². The number of hydrogen-bond donors (Lipinski definition) is 1. The van der Waals surface area contributed by atoms with Crippen LogP contribution in [0.4, 0.5) is 0 Å². The van der Waals surface area contributed by atoms with Crippen LogP contribution in [0, 0.1) is 6.92 Å². The van der Waals surface area contributed by atoms with Gasteiger partial charge in [0, 0.05) is 22.4 Å². The van der Waals surface area contributed by atoms with E-state index in [0.717, 1.165) is 27.1 Å². The molecule has 0 aliphatic carbocycles. The van der Waals surface area contributed by atoms with Crippen LogP contribution in [0.1, 0.15) is 35.5 Å². The Morgan fingerprint density at radius 2 is 2.00 bits per heavy atom. The molecule has 0 aliphatic heterocycles. The molecule has 0 saturated heterocycles. The van der Waals surface area contributed by atoms with Crippen LogP contribution in [-0.4, -0.2) is 21.4 Å². The molecule has 0 spiro atoms. The van der Waals surface area contributed by atoms with Crippen molar-refractivity contribution in [1.29, 1.82) is 0 Å². The summed E-state index contributed by atoms with van der Waals surface area (Å²) in [6.07, 6.45) is 3.99. The Morgan fingerprint density at radius 3 is 2.68 bits per heavy atom. The van der Waals surface area contributed by atoms with Crippen LogP contribution in [0.5, 0.6) is 5.75 Å². The molecule has 0 unspecified atom stereocenters. The summed E-state index contributed by atoms with van der Waals surface area (Å²) < 4.78 is 8.54. The van der Waals surface area contributed by atoms with Gasteiger partial charge in [-0.1, -0.05) is 0 Å². The zero-order chi connectivity index (χ0) is 18.0. The Kier molecular flexibility index (Phi) is 5.08. The average Bonchev–Trinajstić information content (AvgIpc) is 2.96. The zero-order valence-corrected chi connectivity index (χ0v) is 16.0. The molecule has 5 nitrogen and oxygen atoms in total. The maximum absolute atomic E-state index is 12.3. The number of benzene rings is 1. The van der Waals surface area contributed by atoms with Crippen LogP contribution in [0.25, 0.3) is 5.65 Å². The molecule has 0 saturated carbocycles. The number of aromatic nitrogens is 2. The molecule has 3 aromatic rings. The van der Waals surface area contributed by atoms with Crippen LogP contribution in [0.2, 0.25) is 0 Å². The molecule has 0 aliphatic rings. The molecule has 0 fully saturated rings. The second kappa shape index (κ2) is 7.27. The van der Waals surface area contributed by atoms with Gasteiger partial charge in [-0.15, -0.1) is 0 Å². The van der Waals surface area contributed by atoms with E-state index in [-0.39, 0.29) is 12.0 Å². The lowest BCUT2D eigenvalue weighted by molar-refractivity contribution is 0.0950. The molecule has 2 aromatic heterocycles. The third-order valence-electron chi connectivity index (χ3n) is 3.67. The number of nitrogens with zero attached hydrogens (tertiary/aromatic N) is 2. The first kappa shape index (κ1) is 17.5. The van der Waals surface area contributed by atoms with E-state index in [1.807, 2.05) is 43.6 Å². The number of ether oxygens (including phenoxy) is 1. The summed E-state index contributed by atoms with van der Waals surface area (Å²) in [4.78, 5) is 16.9.